The monoisotopic (exact) mass is 498 g/mol. The zero-order valence-corrected chi connectivity index (χ0v) is 18.4. The van der Waals surface area contributed by atoms with Gasteiger partial charge in [0.05, 0.1) is 5.69 Å². The van der Waals surface area contributed by atoms with Crippen molar-refractivity contribution in [2.45, 2.75) is 12.4 Å². The topological polar surface area (TPSA) is 83.7 Å². The van der Waals surface area contributed by atoms with Crippen molar-refractivity contribution in [3.63, 3.8) is 0 Å². The molecule has 0 bridgehead atoms. The molecule has 184 valence electrons. The Labute approximate surface area is 202 Å². The number of rotatable bonds is 7. The van der Waals surface area contributed by atoms with Crippen LogP contribution in [0, 0.1) is 5.82 Å². The second-order valence-electron chi connectivity index (χ2n) is 7.45. The Hall–Kier alpha value is -4.44. The van der Waals surface area contributed by atoms with Crippen LogP contribution in [0.1, 0.15) is 11.8 Å². The fraction of sp³-hybridized carbons (Fsp3) is 0.0769. The number of esters is 1. The number of nitrogens with zero attached hydrogens (tertiary/aromatic N) is 1. The molecule has 0 saturated carbocycles. The zero-order chi connectivity index (χ0) is 25.7. The third kappa shape index (κ3) is 6.36. The van der Waals surface area contributed by atoms with Gasteiger partial charge in [0.2, 0.25) is 5.88 Å². The van der Waals surface area contributed by atoms with Crippen LogP contribution in [-0.2, 0) is 9.53 Å². The smallest absolute Gasteiger partial charge is 0.457 e. The largest absolute Gasteiger partial charge is 0.490 e. The predicted octanol–water partition coefficient (Wildman–Crippen LogP) is 6.54. The molecule has 0 fully saturated rings. The van der Waals surface area contributed by atoms with Gasteiger partial charge >= 0.3 is 12.1 Å². The van der Waals surface area contributed by atoms with E-state index in [0.717, 1.165) is 0 Å². The highest BCUT2D eigenvalue weighted by Crippen LogP contribution is 2.31. The number of nitrogens with two attached hydrogens (primary N) is 1. The summed E-state index contributed by atoms with van der Waals surface area (Å²) in [6.45, 7) is 0. The van der Waals surface area contributed by atoms with E-state index in [0.29, 0.717) is 22.8 Å². The van der Waals surface area contributed by atoms with Crippen molar-refractivity contribution in [2.75, 3.05) is 0 Å². The van der Waals surface area contributed by atoms with Crippen LogP contribution in [0.25, 0.3) is 11.3 Å². The van der Waals surface area contributed by atoms with Gasteiger partial charge in [0.15, 0.2) is 6.23 Å². The number of alkyl halides is 3. The van der Waals surface area contributed by atoms with Crippen molar-refractivity contribution in [3.05, 3.63) is 102 Å². The van der Waals surface area contributed by atoms with Gasteiger partial charge in [-0.2, -0.15) is 13.2 Å². The Balaban J connectivity index is 1.65. The highest BCUT2D eigenvalue weighted by atomic mass is 19.4. The van der Waals surface area contributed by atoms with Crippen molar-refractivity contribution < 1.29 is 36.6 Å². The molecule has 3 aromatic carbocycles. The van der Waals surface area contributed by atoms with E-state index in [4.69, 9.17) is 15.2 Å². The highest BCUT2D eigenvalue weighted by Gasteiger charge is 2.42. The van der Waals surface area contributed by atoms with Gasteiger partial charge in [0, 0.05) is 23.3 Å². The van der Waals surface area contributed by atoms with Crippen molar-refractivity contribution in [3.8, 4) is 34.4 Å². The molecule has 0 radical (unpaired) electrons. The average Bonchev–Trinajstić information content (AvgIpc) is 2.84. The number of carbonyl (C=O) groups is 1. The number of para-hydroxylation sites is 1. The second-order valence-corrected chi connectivity index (χ2v) is 7.45. The molecule has 4 aromatic rings. The van der Waals surface area contributed by atoms with Crippen LogP contribution in [0.5, 0.6) is 23.1 Å². The third-order valence-corrected chi connectivity index (χ3v) is 4.76. The molecule has 0 saturated heterocycles. The van der Waals surface area contributed by atoms with Crippen LogP contribution in [0.4, 0.5) is 17.6 Å². The Bertz CT molecular complexity index is 1350. The molecule has 0 aliphatic rings. The predicted molar refractivity (Wildman–Crippen MR) is 122 cm³/mol. The quantitative estimate of drug-likeness (QED) is 0.177. The van der Waals surface area contributed by atoms with Crippen molar-refractivity contribution in [1.29, 1.82) is 0 Å². The molecule has 2 N–H and O–H groups in total. The third-order valence-electron chi connectivity index (χ3n) is 4.76. The lowest BCUT2D eigenvalue weighted by atomic mass is 10.1. The van der Waals surface area contributed by atoms with E-state index in [1.165, 1.54) is 36.4 Å². The zero-order valence-electron chi connectivity index (χ0n) is 18.4. The summed E-state index contributed by atoms with van der Waals surface area (Å²) in [5, 5.41) is 0. The lowest BCUT2D eigenvalue weighted by molar-refractivity contribution is -0.205. The summed E-state index contributed by atoms with van der Waals surface area (Å²) in [7, 11) is 0. The molecule has 0 aliphatic carbocycles. The average molecular weight is 498 g/mol. The van der Waals surface area contributed by atoms with Crippen molar-refractivity contribution >= 4 is 5.97 Å². The normalized spacial score (nSPS) is 12.0. The molecule has 0 amide bonds. The van der Waals surface area contributed by atoms with E-state index in [1.54, 1.807) is 36.4 Å². The molecular formula is C26H18F4N2O4. The molecule has 1 unspecified atom stereocenters. The van der Waals surface area contributed by atoms with Gasteiger partial charge in [-0.25, -0.2) is 14.2 Å². The van der Waals surface area contributed by atoms with Crippen molar-refractivity contribution in [1.82, 2.24) is 4.98 Å². The summed E-state index contributed by atoms with van der Waals surface area (Å²) < 4.78 is 67.3. The van der Waals surface area contributed by atoms with Crippen LogP contribution in [-0.4, -0.2) is 17.1 Å². The van der Waals surface area contributed by atoms with Gasteiger partial charge in [-0.05, 0) is 54.6 Å². The first-order valence-corrected chi connectivity index (χ1v) is 10.5. The summed E-state index contributed by atoms with van der Waals surface area (Å²) >= 11 is 0. The number of carbonyl (C=O) groups excluding carboxylic acids is 1. The number of pyridine rings is 1. The molecule has 1 aromatic heterocycles. The summed E-state index contributed by atoms with van der Waals surface area (Å²) in [6.07, 6.45) is -6.99. The molecule has 6 nitrogen and oxygen atoms in total. The van der Waals surface area contributed by atoms with Crippen molar-refractivity contribution in [2.24, 2.45) is 5.73 Å². The minimum absolute atomic E-state index is 0.0198. The standard InChI is InChI=1S/C26H18F4N2O4/c27-18-11-9-16(10-12-18)22-13-17(24(31)36-25(33)26(28,29)30)14-23(32-22)35-21-8-4-7-20(15-21)34-19-5-2-1-3-6-19/h1-15,24H,31H2. The van der Waals surface area contributed by atoms with Gasteiger partial charge in [-0.3, -0.25) is 5.73 Å². The van der Waals surface area contributed by atoms with Crippen LogP contribution in [0.15, 0.2) is 91.0 Å². The summed E-state index contributed by atoms with van der Waals surface area (Å²) in [6, 6.07) is 23.4. The first-order chi connectivity index (χ1) is 17.2. The maximum absolute atomic E-state index is 13.4. The Morgan fingerprint density at radius 3 is 2.11 bits per heavy atom. The molecule has 36 heavy (non-hydrogen) atoms. The van der Waals surface area contributed by atoms with E-state index in [-0.39, 0.29) is 17.1 Å². The minimum Gasteiger partial charge on any atom is -0.457 e. The SMILES string of the molecule is NC(OC(=O)C(F)(F)F)c1cc(Oc2cccc(Oc3ccccc3)c2)nc(-c2ccc(F)cc2)c1. The fourth-order valence-electron chi connectivity index (χ4n) is 3.11. The van der Waals surface area contributed by atoms with E-state index in [9.17, 15) is 22.4 Å². The Kier molecular flexibility index (Phi) is 7.16. The Morgan fingerprint density at radius 1 is 0.806 bits per heavy atom. The van der Waals surface area contributed by atoms with Crippen LogP contribution in [0.2, 0.25) is 0 Å². The number of hydrogen-bond donors (Lipinski definition) is 1. The summed E-state index contributed by atoms with van der Waals surface area (Å²) in [4.78, 5) is 15.6. The molecule has 1 atom stereocenters. The number of aromatic nitrogens is 1. The van der Waals surface area contributed by atoms with Gasteiger partial charge in [0.1, 0.15) is 23.1 Å². The highest BCUT2D eigenvalue weighted by molar-refractivity contribution is 5.76. The summed E-state index contributed by atoms with van der Waals surface area (Å²) in [5.74, 6) is -1.61. The molecular weight excluding hydrogens is 480 g/mol. The van der Waals surface area contributed by atoms with Gasteiger partial charge in [0.25, 0.3) is 0 Å². The first kappa shape index (κ1) is 24.7. The van der Waals surface area contributed by atoms with Gasteiger partial charge in [-0.15, -0.1) is 0 Å². The number of hydrogen-bond acceptors (Lipinski definition) is 6. The number of benzene rings is 3. The second kappa shape index (κ2) is 10.4. The lowest BCUT2D eigenvalue weighted by Gasteiger charge is -2.17. The van der Waals surface area contributed by atoms with E-state index in [2.05, 4.69) is 9.72 Å². The fourth-order valence-corrected chi connectivity index (χ4v) is 3.11. The Morgan fingerprint density at radius 2 is 1.44 bits per heavy atom. The maximum Gasteiger partial charge on any atom is 0.490 e. The molecule has 0 aliphatic heterocycles. The molecule has 4 rings (SSSR count). The number of ether oxygens (including phenoxy) is 3. The van der Waals surface area contributed by atoms with E-state index >= 15 is 0 Å². The van der Waals surface area contributed by atoms with E-state index in [1.807, 2.05) is 18.2 Å². The maximum atomic E-state index is 13.4. The van der Waals surface area contributed by atoms with Crippen LogP contribution in [0.3, 0.4) is 0 Å². The first-order valence-electron chi connectivity index (χ1n) is 10.5. The minimum atomic E-state index is -5.22. The van der Waals surface area contributed by atoms with Gasteiger partial charge < -0.3 is 14.2 Å². The molecule has 0 spiro atoms. The van der Waals surface area contributed by atoms with E-state index < -0.39 is 24.2 Å². The molecule has 10 heteroatoms. The van der Waals surface area contributed by atoms with Crippen LogP contribution < -0.4 is 15.2 Å². The number of halogens is 4. The lowest BCUT2D eigenvalue weighted by Crippen LogP contribution is -2.30. The van der Waals surface area contributed by atoms with Crippen LogP contribution >= 0.6 is 0 Å². The molecule has 1 heterocycles. The summed E-state index contributed by atoms with van der Waals surface area (Å²) in [5.41, 5.74) is 6.35. The van der Waals surface area contributed by atoms with Gasteiger partial charge in [-0.1, -0.05) is 24.3 Å².